The van der Waals surface area contributed by atoms with Crippen molar-refractivity contribution < 1.29 is 80.2 Å². The van der Waals surface area contributed by atoms with Crippen molar-refractivity contribution in [3.05, 3.63) is 24.3 Å². The quantitative estimate of drug-likeness (QED) is 0.0169. The van der Waals surface area contributed by atoms with Crippen LogP contribution < -0.4 is 0 Å². The van der Waals surface area contributed by atoms with Crippen molar-refractivity contribution >= 4 is 39.5 Å². The molecule has 0 aliphatic carbocycles. The number of phosphoric acid groups is 2. The maximum atomic E-state index is 13.0. The largest absolute Gasteiger partial charge is 0.472 e. The molecule has 2 unspecified atom stereocenters. The average molecular weight is 1290 g/mol. The van der Waals surface area contributed by atoms with Gasteiger partial charge in [-0.25, -0.2) is 9.13 Å². The molecule has 0 radical (unpaired) electrons. The van der Waals surface area contributed by atoms with Gasteiger partial charge in [0.1, 0.15) is 19.3 Å². The van der Waals surface area contributed by atoms with Crippen LogP contribution in [-0.4, -0.2) is 96.7 Å². The Kier molecular flexibility index (Phi) is 60.3. The third kappa shape index (κ3) is 62.4. The van der Waals surface area contributed by atoms with Crippen LogP contribution in [0.3, 0.4) is 0 Å². The Bertz CT molecular complexity index is 1800. The molecule has 0 saturated carbocycles. The van der Waals surface area contributed by atoms with E-state index >= 15 is 0 Å². The van der Waals surface area contributed by atoms with Gasteiger partial charge in [0.25, 0.3) is 0 Å². The molecular weight excluding hydrogens is 1160 g/mol. The van der Waals surface area contributed by atoms with Gasteiger partial charge in [-0.15, -0.1) is 0 Å². The van der Waals surface area contributed by atoms with Crippen molar-refractivity contribution in [2.45, 2.75) is 348 Å². The second-order valence-electron chi connectivity index (χ2n) is 24.7. The Morgan fingerprint density at radius 1 is 0.352 bits per heavy atom. The number of aliphatic hydroxyl groups excluding tert-OH is 1. The van der Waals surface area contributed by atoms with Crippen LogP contribution in [0.2, 0.25) is 0 Å². The molecule has 5 atom stereocenters. The molecule has 0 spiro atoms. The molecule has 0 aromatic carbocycles. The fraction of sp³-hybridized carbons (Fsp3) is 0.884. The molecular formula is C69H130O17P2. The summed E-state index contributed by atoms with van der Waals surface area (Å²) in [6, 6.07) is 0. The first-order valence-corrected chi connectivity index (χ1v) is 38.4. The van der Waals surface area contributed by atoms with E-state index in [4.69, 9.17) is 37.0 Å². The molecule has 0 amide bonds. The van der Waals surface area contributed by atoms with E-state index in [1.165, 1.54) is 128 Å². The first-order valence-electron chi connectivity index (χ1n) is 35.5. The number of allylic oxidation sites excluding steroid dienone is 4. The summed E-state index contributed by atoms with van der Waals surface area (Å²) in [5, 5.41) is 10.5. The van der Waals surface area contributed by atoms with Crippen molar-refractivity contribution in [3.8, 4) is 0 Å². The second kappa shape index (κ2) is 62.0. The van der Waals surface area contributed by atoms with E-state index in [-0.39, 0.29) is 25.7 Å². The van der Waals surface area contributed by atoms with Crippen molar-refractivity contribution in [1.82, 2.24) is 0 Å². The minimum Gasteiger partial charge on any atom is -0.462 e. The van der Waals surface area contributed by atoms with Crippen molar-refractivity contribution in [2.75, 3.05) is 39.6 Å². The lowest BCUT2D eigenvalue weighted by Crippen LogP contribution is -2.30. The third-order valence-corrected chi connectivity index (χ3v) is 17.3. The highest BCUT2D eigenvalue weighted by atomic mass is 31.2. The van der Waals surface area contributed by atoms with E-state index in [2.05, 4.69) is 58.9 Å². The van der Waals surface area contributed by atoms with Gasteiger partial charge < -0.3 is 33.8 Å². The minimum atomic E-state index is -4.96. The summed E-state index contributed by atoms with van der Waals surface area (Å²) in [5.74, 6) is -1.43. The number of carbonyl (C=O) groups excluding carboxylic acids is 4. The molecule has 17 nitrogen and oxygen atoms in total. The summed E-state index contributed by atoms with van der Waals surface area (Å²) >= 11 is 0. The number of carbonyl (C=O) groups is 4. The van der Waals surface area contributed by atoms with E-state index in [0.717, 1.165) is 121 Å². The van der Waals surface area contributed by atoms with Gasteiger partial charge in [0.15, 0.2) is 12.2 Å². The first kappa shape index (κ1) is 85.5. The van der Waals surface area contributed by atoms with Crippen molar-refractivity contribution in [1.29, 1.82) is 0 Å². The van der Waals surface area contributed by atoms with E-state index in [9.17, 15) is 43.2 Å². The van der Waals surface area contributed by atoms with E-state index in [0.29, 0.717) is 25.7 Å². The van der Waals surface area contributed by atoms with Gasteiger partial charge in [-0.1, -0.05) is 277 Å². The van der Waals surface area contributed by atoms with Crippen LogP contribution in [-0.2, 0) is 65.4 Å². The van der Waals surface area contributed by atoms with Gasteiger partial charge >= 0.3 is 39.5 Å². The maximum absolute atomic E-state index is 13.0. The Balaban J connectivity index is 5.20. The van der Waals surface area contributed by atoms with Crippen LogP contribution in [0.15, 0.2) is 24.3 Å². The normalized spacial score (nSPS) is 14.3. The predicted octanol–water partition coefficient (Wildman–Crippen LogP) is 19.3. The van der Waals surface area contributed by atoms with Crippen molar-refractivity contribution in [3.63, 3.8) is 0 Å². The van der Waals surface area contributed by atoms with Gasteiger partial charge in [-0.3, -0.25) is 37.3 Å². The van der Waals surface area contributed by atoms with Crippen LogP contribution in [0.1, 0.15) is 330 Å². The summed E-state index contributed by atoms with van der Waals surface area (Å²) < 4.78 is 68.0. The summed E-state index contributed by atoms with van der Waals surface area (Å²) in [5.41, 5.74) is 0. The van der Waals surface area contributed by atoms with Gasteiger partial charge in [-0.05, 0) is 57.3 Å². The molecule has 0 aliphatic heterocycles. The summed E-state index contributed by atoms with van der Waals surface area (Å²) in [7, 11) is -9.90. The van der Waals surface area contributed by atoms with Gasteiger partial charge in [0, 0.05) is 25.7 Å². The van der Waals surface area contributed by atoms with Crippen molar-refractivity contribution in [2.24, 2.45) is 5.92 Å². The number of ether oxygens (including phenoxy) is 4. The van der Waals surface area contributed by atoms with Crippen LogP contribution >= 0.6 is 15.6 Å². The van der Waals surface area contributed by atoms with Gasteiger partial charge in [-0.2, -0.15) is 0 Å². The first-order chi connectivity index (χ1) is 42.5. The number of rotatable bonds is 67. The molecule has 0 aliphatic rings. The van der Waals surface area contributed by atoms with Gasteiger partial charge in [0.2, 0.25) is 0 Å². The molecule has 0 saturated heterocycles. The van der Waals surface area contributed by atoms with E-state index in [1.54, 1.807) is 0 Å². The number of hydrogen-bond donors (Lipinski definition) is 3. The number of esters is 4. The van der Waals surface area contributed by atoms with Crippen LogP contribution in [0.25, 0.3) is 0 Å². The van der Waals surface area contributed by atoms with Crippen LogP contribution in [0.5, 0.6) is 0 Å². The number of aliphatic hydroxyl groups is 1. The van der Waals surface area contributed by atoms with Gasteiger partial charge in [0.05, 0.1) is 26.4 Å². The molecule has 3 N–H and O–H groups in total. The summed E-state index contributed by atoms with van der Waals surface area (Å²) in [4.78, 5) is 72.2. The lowest BCUT2D eigenvalue weighted by molar-refractivity contribution is -0.161. The molecule has 0 heterocycles. The SMILES string of the molecule is CCCCCC/C=C\C=C/CCCCCCCC(=O)OC[C@H](COP(=O)(O)OC[C@@H](O)COP(=O)(O)OC[C@@H](COC(=O)CCCCCCC)OC(=O)CCCCCCCCCCCC(C)C)OC(=O)CCCCCCCCCCCCCCCCCC. The highest BCUT2D eigenvalue weighted by molar-refractivity contribution is 7.47. The molecule has 518 valence electrons. The third-order valence-electron chi connectivity index (χ3n) is 15.4. The van der Waals surface area contributed by atoms with E-state index in [1.807, 2.05) is 0 Å². The Hall–Kier alpha value is -2.46. The zero-order valence-electron chi connectivity index (χ0n) is 56.3. The Labute approximate surface area is 535 Å². The zero-order chi connectivity index (χ0) is 64.9. The maximum Gasteiger partial charge on any atom is 0.472 e. The van der Waals surface area contributed by atoms with E-state index < -0.39 is 97.5 Å². The monoisotopic (exact) mass is 1290 g/mol. The molecule has 0 fully saturated rings. The zero-order valence-corrected chi connectivity index (χ0v) is 58.1. The highest BCUT2D eigenvalue weighted by Crippen LogP contribution is 2.45. The smallest absolute Gasteiger partial charge is 0.462 e. The lowest BCUT2D eigenvalue weighted by Gasteiger charge is -2.21. The molecule has 0 bridgehead atoms. The lowest BCUT2D eigenvalue weighted by atomic mass is 10.0. The number of hydrogen-bond acceptors (Lipinski definition) is 15. The number of unbranched alkanes of at least 4 members (excludes halogenated alkanes) is 36. The van der Waals surface area contributed by atoms with Crippen LogP contribution in [0.4, 0.5) is 0 Å². The molecule has 88 heavy (non-hydrogen) atoms. The number of phosphoric ester groups is 2. The summed E-state index contributed by atoms with van der Waals surface area (Å²) in [6.45, 7) is 7.06. The van der Waals surface area contributed by atoms with Crippen LogP contribution in [0, 0.1) is 5.92 Å². The molecule has 0 aromatic heterocycles. The molecule has 0 rings (SSSR count). The second-order valence-corrected chi connectivity index (χ2v) is 27.6. The highest BCUT2D eigenvalue weighted by Gasteiger charge is 2.30. The topological polar surface area (TPSA) is 237 Å². The average Bonchev–Trinajstić information content (AvgIpc) is 3.54. The molecule has 0 aromatic rings. The predicted molar refractivity (Wildman–Crippen MR) is 354 cm³/mol. The fourth-order valence-corrected chi connectivity index (χ4v) is 11.5. The fourth-order valence-electron chi connectivity index (χ4n) is 9.93. The summed E-state index contributed by atoms with van der Waals surface area (Å²) in [6.07, 6.45) is 51.2. The Morgan fingerprint density at radius 3 is 0.932 bits per heavy atom. The standard InChI is InChI=1S/C69H130O17P2/c1-6-9-12-15-17-19-21-23-25-27-29-31-35-39-44-49-54-68(73)86-65(59-80-67(72)53-48-43-38-34-30-28-26-24-22-20-18-16-13-10-7-2)61-84-88(77,78)82-57-63(70)56-81-87(75,76)83-60-64(58-79-66(71)52-47-41-14-11-8-3)85-69(74)55-50-45-40-36-32-33-37-42-46-51-62(4)5/h20,22,24,26,62-65,70H,6-19,21,23,25,27-61H2,1-5H3,(H,75,76)(H,77,78)/b22-20-,26-24-/t63-,64+,65+/m0/s1. The minimum absolute atomic E-state index is 0.101. The molecule has 19 heteroatoms. The Morgan fingerprint density at radius 2 is 0.614 bits per heavy atom.